The third kappa shape index (κ3) is 4.83. The van der Waals surface area contributed by atoms with Crippen molar-refractivity contribution >= 4 is 12.0 Å². The highest BCUT2D eigenvalue weighted by atomic mass is 16.4. The number of hydrogen-bond acceptors (Lipinski definition) is 4. The Kier molecular flexibility index (Phi) is 5.65. The predicted octanol–water partition coefficient (Wildman–Crippen LogP) is -0.982. The maximum absolute atomic E-state index is 11.3. The van der Waals surface area contributed by atoms with E-state index in [4.69, 9.17) is 10.2 Å². The molecule has 8 heteroatoms. The quantitative estimate of drug-likeness (QED) is 0.468. The van der Waals surface area contributed by atoms with Crippen molar-refractivity contribution in [1.82, 2.24) is 20.4 Å². The molecule has 0 aliphatic heterocycles. The maximum atomic E-state index is 11.3. The number of aliphatic hydroxyl groups excluding tert-OH is 1. The molecule has 1 rings (SSSR count). The van der Waals surface area contributed by atoms with Crippen LogP contribution in [0.15, 0.2) is 18.5 Å². The van der Waals surface area contributed by atoms with Gasteiger partial charge in [0.25, 0.3) is 0 Å². The van der Waals surface area contributed by atoms with E-state index in [2.05, 4.69) is 15.7 Å². The monoisotopic (exact) mass is 256 g/mol. The first kappa shape index (κ1) is 14.0. The first-order valence-electron chi connectivity index (χ1n) is 5.49. The second-order valence-electron chi connectivity index (χ2n) is 3.60. The van der Waals surface area contributed by atoms with E-state index in [1.165, 1.54) is 0 Å². The van der Waals surface area contributed by atoms with Gasteiger partial charge in [-0.1, -0.05) is 0 Å². The molecule has 8 nitrogen and oxygen atoms in total. The molecule has 0 bridgehead atoms. The standard InChI is InChI=1S/C10H16N4O4/c15-7-8(9(16)17)13-10(18)11-3-1-5-14-6-2-4-12-14/h2,4,6,8,15H,1,3,5,7H2,(H,16,17)(H2,11,13,18). The highest BCUT2D eigenvalue weighted by Gasteiger charge is 2.17. The minimum atomic E-state index is -1.28. The molecule has 1 heterocycles. The molecule has 100 valence electrons. The molecular formula is C10H16N4O4. The summed E-state index contributed by atoms with van der Waals surface area (Å²) in [7, 11) is 0. The molecule has 0 fully saturated rings. The van der Waals surface area contributed by atoms with Gasteiger partial charge in [0.1, 0.15) is 0 Å². The lowest BCUT2D eigenvalue weighted by Crippen LogP contribution is -2.48. The summed E-state index contributed by atoms with van der Waals surface area (Å²) in [5.74, 6) is -1.27. The van der Waals surface area contributed by atoms with Gasteiger partial charge < -0.3 is 20.8 Å². The molecule has 2 amide bonds. The Bertz CT molecular complexity index is 379. The number of carboxylic acids is 1. The molecule has 4 N–H and O–H groups in total. The summed E-state index contributed by atoms with van der Waals surface area (Å²) in [6.07, 6.45) is 4.15. The van der Waals surface area contributed by atoms with Crippen molar-refractivity contribution in [3.8, 4) is 0 Å². The molecule has 0 saturated heterocycles. The highest BCUT2D eigenvalue weighted by Crippen LogP contribution is 1.88. The number of nitrogens with one attached hydrogen (secondary N) is 2. The number of carbonyl (C=O) groups is 2. The van der Waals surface area contributed by atoms with Crippen LogP contribution >= 0.6 is 0 Å². The van der Waals surface area contributed by atoms with E-state index < -0.39 is 24.6 Å². The molecule has 1 aromatic rings. The van der Waals surface area contributed by atoms with Gasteiger partial charge in [-0.15, -0.1) is 0 Å². The average Bonchev–Trinajstić information content (AvgIpc) is 2.84. The number of aliphatic hydroxyl groups is 1. The molecule has 0 saturated carbocycles. The van der Waals surface area contributed by atoms with Crippen LogP contribution in [0, 0.1) is 0 Å². The topological polar surface area (TPSA) is 116 Å². The van der Waals surface area contributed by atoms with Crippen molar-refractivity contribution in [1.29, 1.82) is 0 Å². The fraction of sp³-hybridized carbons (Fsp3) is 0.500. The second-order valence-corrected chi connectivity index (χ2v) is 3.60. The Balaban J connectivity index is 2.15. The lowest BCUT2D eigenvalue weighted by atomic mass is 10.3. The van der Waals surface area contributed by atoms with Crippen LogP contribution in [0.3, 0.4) is 0 Å². The van der Waals surface area contributed by atoms with E-state index in [-0.39, 0.29) is 0 Å². The van der Waals surface area contributed by atoms with Crippen LogP contribution in [0.1, 0.15) is 6.42 Å². The molecular weight excluding hydrogens is 240 g/mol. The number of amides is 2. The molecule has 0 aromatic carbocycles. The van der Waals surface area contributed by atoms with Crippen LogP contribution in [-0.2, 0) is 11.3 Å². The summed E-state index contributed by atoms with van der Waals surface area (Å²) in [5, 5.41) is 25.9. The Morgan fingerprint density at radius 3 is 2.78 bits per heavy atom. The number of carbonyl (C=O) groups excluding carboxylic acids is 1. The van der Waals surface area contributed by atoms with E-state index in [1.807, 2.05) is 6.20 Å². The fourth-order valence-electron chi connectivity index (χ4n) is 1.27. The van der Waals surface area contributed by atoms with E-state index >= 15 is 0 Å². The van der Waals surface area contributed by atoms with Crippen LogP contribution < -0.4 is 10.6 Å². The summed E-state index contributed by atoms with van der Waals surface area (Å²) in [6, 6.07) is -0.0909. The van der Waals surface area contributed by atoms with Gasteiger partial charge in [-0.2, -0.15) is 5.10 Å². The predicted molar refractivity (Wildman–Crippen MR) is 61.9 cm³/mol. The number of hydrogen-bond donors (Lipinski definition) is 4. The average molecular weight is 256 g/mol. The fourth-order valence-corrected chi connectivity index (χ4v) is 1.27. The Morgan fingerprint density at radius 2 is 2.22 bits per heavy atom. The summed E-state index contributed by atoms with van der Waals surface area (Å²) < 4.78 is 1.73. The number of nitrogens with zero attached hydrogens (tertiary/aromatic N) is 2. The van der Waals surface area contributed by atoms with Crippen LogP contribution in [0.5, 0.6) is 0 Å². The number of aliphatic carboxylic acids is 1. The normalized spacial score (nSPS) is 11.8. The summed E-state index contributed by atoms with van der Waals surface area (Å²) >= 11 is 0. The third-order valence-corrected chi connectivity index (χ3v) is 2.19. The van der Waals surface area contributed by atoms with Crippen molar-refractivity contribution in [2.45, 2.75) is 19.0 Å². The van der Waals surface area contributed by atoms with Crippen LogP contribution in [0.2, 0.25) is 0 Å². The van der Waals surface area contributed by atoms with Gasteiger partial charge in [-0.25, -0.2) is 9.59 Å². The zero-order chi connectivity index (χ0) is 13.4. The number of urea groups is 1. The molecule has 0 aliphatic carbocycles. The SMILES string of the molecule is O=C(NCCCn1cccn1)NC(CO)C(=O)O. The van der Waals surface area contributed by atoms with Crippen LogP contribution in [-0.4, -0.2) is 51.2 Å². The van der Waals surface area contributed by atoms with Gasteiger partial charge in [0.15, 0.2) is 6.04 Å². The van der Waals surface area contributed by atoms with E-state index in [0.717, 1.165) is 0 Å². The molecule has 1 atom stereocenters. The minimum Gasteiger partial charge on any atom is -0.480 e. The minimum absolute atomic E-state index is 0.392. The van der Waals surface area contributed by atoms with Gasteiger partial charge in [-0.05, 0) is 12.5 Å². The number of rotatable bonds is 7. The molecule has 0 aliphatic rings. The van der Waals surface area contributed by atoms with Gasteiger partial charge in [-0.3, -0.25) is 4.68 Å². The van der Waals surface area contributed by atoms with E-state index in [9.17, 15) is 9.59 Å². The van der Waals surface area contributed by atoms with E-state index in [1.54, 1.807) is 16.9 Å². The van der Waals surface area contributed by atoms with Crippen LogP contribution in [0.4, 0.5) is 4.79 Å². The van der Waals surface area contributed by atoms with Gasteiger partial charge >= 0.3 is 12.0 Å². The molecule has 1 unspecified atom stereocenters. The number of aromatic nitrogens is 2. The van der Waals surface area contributed by atoms with Crippen molar-refractivity contribution in [3.63, 3.8) is 0 Å². The summed E-state index contributed by atoms with van der Waals surface area (Å²) in [4.78, 5) is 21.8. The van der Waals surface area contributed by atoms with Crippen molar-refractivity contribution in [2.75, 3.05) is 13.2 Å². The Morgan fingerprint density at radius 1 is 1.44 bits per heavy atom. The van der Waals surface area contributed by atoms with Crippen molar-refractivity contribution in [2.24, 2.45) is 0 Å². The third-order valence-electron chi connectivity index (χ3n) is 2.19. The Labute approximate surface area is 104 Å². The first-order valence-corrected chi connectivity index (χ1v) is 5.49. The smallest absolute Gasteiger partial charge is 0.328 e. The van der Waals surface area contributed by atoms with Crippen molar-refractivity contribution < 1.29 is 19.8 Å². The Hall–Kier alpha value is -2.09. The lowest BCUT2D eigenvalue weighted by molar-refractivity contribution is -0.140. The molecule has 0 spiro atoms. The molecule has 18 heavy (non-hydrogen) atoms. The summed E-state index contributed by atoms with van der Waals surface area (Å²) in [5.41, 5.74) is 0. The number of aryl methyl sites for hydroxylation is 1. The van der Waals surface area contributed by atoms with Gasteiger partial charge in [0.05, 0.1) is 6.61 Å². The molecule has 0 radical (unpaired) electrons. The zero-order valence-corrected chi connectivity index (χ0v) is 9.74. The second kappa shape index (κ2) is 7.28. The number of carboxylic acid groups (broad SMARTS) is 1. The van der Waals surface area contributed by atoms with Gasteiger partial charge in [0, 0.05) is 25.5 Å². The van der Waals surface area contributed by atoms with E-state index in [0.29, 0.717) is 19.5 Å². The molecule has 1 aromatic heterocycles. The zero-order valence-electron chi connectivity index (χ0n) is 9.74. The first-order chi connectivity index (χ1) is 8.63. The largest absolute Gasteiger partial charge is 0.480 e. The maximum Gasteiger partial charge on any atom is 0.328 e. The van der Waals surface area contributed by atoms with Crippen molar-refractivity contribution in [3.05, 3.63) is 18.5 Å². The van der Waals surface area contributed by atoms with Crippen LogP contribution in [0.25, 0.3) is 0 Å². The highest BCUT2D eigenvalue weighted by molar-refractivity contribution is 5.82. The summed E-state index contributed by atoms with van der Waals surface area (Å²) in [6.45, 7) is 0.412. The van der Waals surface area contributed by atoms with Gasteiger partial charge in [0.2, 0.25) is 0 Å². The lowest BCUT2D eigenvalue weighted by Gasteiger charge is -2.12.